The Bertz CT molecular complexity index is 1410. The molecule has 4 rings (SSSR count). The van der Waals surface area contributed by atoms with Crippen LogP contribution in [0.3, 0.4) is 0 Å². The van der Waals surface area contributed by atoms with E-state index in [1.165, 1.54) is 23.5 Å². The van der Waals surface area contributed by atoms with Gasteiger partial charge >= 0.3 is 6.18 Å². The summed E-state index contributed by atoms with van der Waals surface area (Å²) < 4.78 is 38.4. The van der Waals surface area contributed by atoms with Gasteiger partial charge in [-0.2, -0.15) is 13.2 Å². The number of nitrogens with zero attached hydrogens (tertiary/aromatic N) is 2. The van der Waals surface area contributed by atoms with Crippen molar-refractivity contribution in [1.82, 2.24) is 15.3 Å². The zero-order chi connectivity index (χ0) is 27.5. The van der Waals surface area contributed by atoms with E-state index < -0.39 is 17.8 Å². The summed E-state index contributed by atoms with van der Waals surface area (Å²) in [5, 5.41) is 2.79. The molecule has 0 aliphatic heterocycles. The van der Waals surface area contributed by atoms with E-state index in [9.17, 15) is 22.8 Å². The Morgan fingerprint density at radius 2 is 1.50 bits per heavy atom. The van der Waals surface area contributed by atoms with Crippen molar-refractivity contribution in [2.45, 2.75) is 44.8 Å². The zero-order valence-electron chi connectivity index (χ0n) is 21.0. The molecule has 1 N–H and O–H groups in total. The maximum absolute atomic E-state index is 12.8. The third kappa shape index (κ3) is 6.52. The van der Waals surface area contributed by atoms with E-state index in [1.54, 1.807) is 18.5 Å². The molecule has 0 spiro atoms. The first-order chi connectivity index (χ1) is 17.9. The summed E-state index contributed by atoms with van der Waals surface area (Å²) in [5.74, 6) is 0.181. The maximum Gasteiger partial charge on any atom is 0.416 e. The third-order valence-electron chi connectivity index (χ3n) is 5.91. The third-order valence-corrected chi connectivity index (χ3v) is 7.42. The molecule has 1 amide bonds. The molecule has 1 atom stereocenters. The summed E-state index contributed by atoms with van der Waals surface area (Å²) >= 11 is 1.42. The number of carbonyl (C=O) groups is 2. The van der Waals surface area contributed by atoms with Crippen molar-refractivity contribution in [3.63, 3.8) is 0 Å². The van der Waals surface area contributed by atoms with E-state index in [1.807, 2.05) is 30.3 Å². The summed E-state index contributed by atoms with van der Waals surface area (Å²) in [6.45, 7) is 6.24. The quantitative estimate of drug-likeness (QED) is 0.266. The van der Waals surface area contributed by atoms with Crippen molar-refractivity contribution < 1.29 is 22.8 Å². The Hall–Kier alpha value is -3.85. The van der Waals surface area contributed by atoms with Crippen molar-refractivity contribution in [1.29, 1.82) is 0 Å². The first-order valence-electron chi connectivity index (χ1n) is 11.9. The van der Waals surface area contributed by atoms with Gasteiger partial charge in [-0.15, -0.1) is 11.3 Å². The summed E-state index contributed by atoms with van der Waals surface area (Å²) in [4.78, 5) is 34.7. The van der Waals surface area contributed by atoms with Crippen molar-refractivity contribution in [2.75, 3.05) is 0 Å². The molecule has 9 heteroatoms. The predicted molar refractivity (Wildman–Crippen MR) is 142 cm³/mol. The van der Waals surface area contributed by atoms with E-state index in [2.05, 4.69) is 36.1 Å². The summed E-state index contributed by atoms with van der Waals surface area (Å²) in [6, 6.07) is 15.2. The van der Waals surface area contributed by atoms with Gasteiger partial charge in [0, 0.05) is 28.4 Å². The number of alkyl halides is 3. The van der Waals surface area contributed by atoms with Crippen LogP contribution in [-0.4, -0.2) is 28.2 Å². The van der Waals surface area contributed by atoms with Gasteiger partial charge in [-0.05, 0) is 47.2 Å². The minimum atomic E-state index is -4.39. The van der Waals surface area contributed by atoms with E-state index in [-0.39, 0.29) is 11.3 Å². The monoisotopic (exact) mass is 537 g/mol. The van der Waals surface area contributed by atoms with Gasteiger partial charge in [0.2, 0.25) is 0 Å². The van der Waals surface area contributed by atoms with Crippen LogP contribution in [0.2, 0.25) is 0 Å². The minimum Gasteiger partial charge on any atom is -0.341 e. The number of benzene rings is 2. The number of nitrogens with one attached hydrogen (secondary N) is 1. The van der Waals surface area contributed by atoms with Gasteiger partial charge in [0.25, 0.3) is 5.91 Å². The van der Waals surface area contributed by atoms with Gasteiger partial charge in [0.15, 0.2) is 5.82 Å². The van der Waals surface area contributed by atoms with Gasteiger partial charge < -0.3 is 10.1 Å². The van der Waals surface area contributed by atoms with Crippen molar-refractivity contribution >= 4 is 23.5 Å². The number of amides is 1. The molecule has 0 saturated heterocycles. The van der Waals surface area contributed by atoms with Gasteiger partial charge in [-0.25, -0.2) is 9.97 Å². The molecule has 0 radical (unpaired) electrons. The Morgan fingerprint density at radius 3 is 2.03 bits per heavy atom. The second kappa shape index (κ2) is 10.9. The Kier molecular flexibility index (Phi) is 7.78. The number of rotatable bonds is 7. The normalized spacial score (nSPS) is 12.7. The van der Waals surface area contributed by atoms with Crippen molar-refractivity contribution in [2.24, 2.45) is 0 Å². The number of thiophene rings is 1. The Morgan fingerprint density at radius 1 is 0.895 bits per heavy atom. The highest BCUT2D eigenvalue weighted by Gasteiger charge is 2.30. The number of halogens is 3. The molecule has 0 bridgehead atoms. The van der Waals surface area contributed by atoms with Crippen LogP contribution in [0.15, 0.2) is 73.1 Å². The smallest absolute Gasteiger partial charge is 0.341 e. The molecule has 38 heavy (non-hydrogen) atoms. The fourth-order valence-corrected chi connectivity index (χ4v) is 4.72. The lowest BCUT2D eigenvalue weighted by molar-refractivity contribution is -0.137. The lowest BCUT2D eigenvalue weighted by atomic mass is 9.95. The van der Waals surface area contributed by atoms with Crippen LogP contribution in [0.4, 0.5) is 13.2 Å². The van der Waals surface area contributed by atoms with Gasteiger partial charge in [-0.1, -0.05) is 57.2 Å². The highest BCUT2D eigenvalue weighted by molar-refractivity contribution is 7.14. The lowest BCUT2D eigenvalue weighted by Gasteiger charge is -2.15. The molecule has 0 saturated carbocycles. The molecule has 0 aliphatic carbocycles. The average Bonchev–Trinajstić information content (AvgIpc) is 3.40. The number of hydrogen-bond donors (Lipinski definition) is 1. The number of hydrogen-bond acceptors (Lipinski definition) is 5. The van der Waals surface area contributed by atoms with E-state index in [0.717, 1.165) is 34.4 Å². The number of aromatic nitrogens is 2. The largest absolute Gasteiger partial charge is 0.416 e. The molecule has 2 heterocycles. The molecule has 4 aromatic rings. The topological polar surface area (TPSA) is 72.0 Å². The predicted octanol–water partition coefficient (Wildman–Crippen LogP) is 6.73. The maximum atomic E-state index is 12.8. The highest BCUT2D eigenvalue weighted by Crippen LogP contribution is 2.31. The summed E-state index contributed by atoms with van der Waals surface area (Å²) in [5.41, 5.74) is 2.02. The van der Waals surface area contributed by atoms with E-state index in [4.69, 9.17) is 0 Å². The summed E-state index contributed by atoms with van der Waals surface area (Å²) in [6.07, 6.45) is -0.199. The fourth-order valence-electron chi connectivity index (χ4n) is 3.76. The van der Waals surface area contributed by atoms with Crippen LogP contribution in [0.25, 0.3) is 22.5 Å². The van der Waals surface area contributed by atoms with Crippen LogP contribution < -0.4 is 5.32 Å². The van der Waals surface area contributed by atoms with Gasteiger partial charge in [0.1, 0.15) is 6.29 Å². The van der Waals surface area contributed by atoms with Crippen LogP contribution in [0.5, 0.6) is 0 Å². The molecular formula is C29H26F3N3O2S. The molecule has 0 fully saturated rings. The SMILES string of the molecule is CC(C)(C)c1ccc(C(=O)NC(C=O)Cc2ccc(-c3ncc(-c4ccc(C(F)(F)F)cc4)cn3)cc2)s1. The fraction of sp³-hybridized carbons (Fsp3) is 0.241. The molecule has 2 aromatic carbocycles. The van der Waals surface area contributed by atoms with Crippen molar-refractivity contribution in [3.05, 3.63) is 93.9 Å². The molecule has 0 aliphatic rings. The van der Waals surface area contributed by atoms with Crippen LogP contribution in [0.1, 0.15) is 46.4 Å². The van der Waals surface area contributed by atoms with E-state index in [0.29, 0.717) is 28.2 Å². The second-order valence-electron chi connectivity index (χ2n) is 9.90. The highest BCUT2D eigenvalue weighted by atomic mass is 32.1. The molecular weight excluding hydrogens is 511 g/mol. The molecule has 196 valence electrons. The summed E-state index contributed by atoms with van der Waals surface area (Å²) in [7, 11) is 0. The van der Waals surface area contributed by atoms with Crippen LogP contribution in [0, 0.1) is 0 Å². The molecule has 5 nitrogen and oxygen atoms in total. The number of carbonyl (C=O) groups excluding carboxylic acids is 2. The Labute approximate surface area is 222 Å². The first-order valence-corrected chi connectivity index (χ1v) is 12.7. The minimum absolute atomic E-state index is 0.0543. The first kappa shape index (κ1) is 27.2. The van der Waals surface area contributed by atoms with E-state index >= 15 is 0 Å². The zero-order valence-corrected chi connectivity index (χ0v) is 21.9. The second-order valence-corrected chi connectivity index (χ2v) is 11.0. The van der Waals surface area contributed by atoms with Crippen LogP contribution in [-0.2, 0) is 22.8 Å². The lowest BCUT2D eigenvalue weighted by Crippen LogP contribution is -2.37. The number of aldehydes is 1. The Balaban J connectivity index is 1.39. The molecule has 2 aromatic heterocycles. The van der Waals surface area contributed by atoms with Gasteiger partial charge in [0.05, 0.1) is 16.5 Å². The average molecular weight is 538 g/mol. The van der Waals surface area contributed by atoms with Crippen LogP contribution >= 0.6 is 11.3 Å². The van der Waals surface area contributed by atoms with Crippen molar-refractivity contribution in [3.8, 4) is 22.5 Å². The molecule has 1 unspecified atom stereocenters. The van der Waals surface area contributed by atoms with Gasteiger partial charge in [-0.3, -0.25) is 4.79 Å². The standard InChI is InChI=1S/C29H26F3N3O2S/c1-28(2,3)25-13-12-24(38-25)27(37)35-23(17-36)14-18-4-6-20(7-5-18)26-33-15-21(16-34-26)19-8-10-22(11-9-19)29(30,31)32/h4-13,15-17,23H,14H2,1-3H3,(H,35,37).